The number of amides is 1. The second kappa shape index (κ2) is 6.89. The molecule has 1 amide bonds. The fourth-order valence-corrected chi connectivity index (χ4v) is 3.20. The van der Waals surface area contributed by atoms with Gasteiger partial charge in [0.2, 0.25) is 0 Å². The van der Waals surface area contributed by atoms with E-state index in [1.807, 2.05) is 0 Å². The predicted molar refractivity (Wildman–Crippen MR) is 90.5 cm³/mol. The third-order valence-corrected chi connectivity index (χ3v) is 4.52. The van der Waals surface area contributed by atoms with Crippen molar-refractivity contribution in [1.29, 1.82) is 0 Å². The van der Waals surface area contributed by atoms with E-state index in [9.17, 15) is 18.0 Å². The number of ether oxygens (including phenoxy) is 1. The summed E-state index contributed by atoms with van der Waals surface area (Å²) in [6, 6.07) is 2.65. The topological polar surface area (TPSA) is 86.3 Å². The molecule has 3 aromatic rings. The van der Waals surface area contributed by atoms with E-state index in [4.69, 9.17) is 4.74 Å². The first-order valence-electron chi connectivity index (χ1n) is 8.62. The Labute approximate surface area is 157 Å². The SMILES string of the molecule is COCc1nc2n(n1)CC(NC(=O)c1ccn3cc(C(F)(F)F)nc3c1)CC2. The van der Waals surface area contributed by atoms with E-state index in [0.717, 1.165) is 12.0 Å². The van der Waals surface area contributed by atoms with Gasteiger partial charge in [0.15, 0.2) is 11.5 Å². The zero-order valence-electron chi connectivity index (χ0n) is 14.9. The molecule has 1 aliphatic rings. The Hall–Kier alpha value is -2.95. The summed E-state index contributed by atoms with van der Waals surface area (Å²) in [5, 5.41) is 7.25. The first-order valence-corrected chi connectivity index (χ1v) is 8.62. The Kier molecular flexibility index (Phi) is 4.53. The van der Waals surface area contributed by atoms with Gasteiger partial charge in [0.1, 0.15) is 18.1 Å². The lowest BCUT2D eigenvalue weighted by molar-refractivity contribution is -0.140. The number of aryl methyl sites for hydroxylation is 1. The molecular formula is C17H17F3N6O2. The summed E-state index contributed by atoms with van der Waals surface area (Å²) in [6.45, 7) is 0.795. The van der Waals surface area contributed by atoms with Crippen LogP contribution in [0, 0.1) is 0 Å². The zero-order chi connectivity index (χ0) is 19.9. The van der Waals surface area contributed by atoms with Crippen LogP contribution >= 0.6 is 0 Å². The average Bonchev–Trinajstić information content (AvgIpc) is 3.24. The number of fused-ring (bicyclic) bond motifs is 2. The van der Waals surface area contributed by atoms with Gasteiger partial charge in [-0.2, -0.15) is 18.3 Å². The quantitative estimate of drug-likeness (QED) is 0.730. The molecule has 0 aromatic carbocycles. The molecule has 28 heavy (non-hydrogen) atoms. The maximum Gasteiger partial charge on any atom is 0.434 e. The van der Waals surface area contributed by atoms with E-state index in [-0.39, 0.29) is 23.2 Å². The molecule has 1 atom stereocenters. The Morgan fingerprint density at radius 3 is 2.96 bits per heavy atom. The van der Waals surface area contributed by atoms with Crippen LogP contribution in [0.4, 0.5) is 13.2 Å². The van der Waals surface area contributed by atoms with Crippen LogP contribution in [0.2, 0.25) is 0 Å². The van der Waals surface area contributed by atoms with Crippen LogP contribution in [0.15, 0.2) is 24.5 Å². The maximum atomic E-state index is 12.8. The van der Waals surface area contributed by atoms with Crippen molar-refractivity contribution < 1.29 is 22.7 Å². The van der Waals surface area contributed by atoms with E-state index in [2.05, 4.69) is 20.4 Å². The molecule has 0 saturated heterocycles. The minimum atomic E-state index is -4.53. The molecule has 0 saturated carbocycles. The van der Waals surface area contributed by atoms with E-state index in [1.165, 1.54) is 22.7 Å². The second-order valence-corrected chi connectivity index (χ2v) is 6.57. The number of pyridine rings is 1. The van der Waals surface area contributed by atoms with Crippen LogP contribution in [-0.4, -0.2) is 43.2 Å². The molecule has 0 radical (unpaired) electrons. The molecule has 3 aromatic heterocycles. The summed E-state index contributed by atoms with van der Waals surface area (Å²) in [7, 11) is 1.57. The van der Waals surface area contributed by atoms with Gasteiger partial charge in [0.25, 0.3) is 5.91 Å². The van der Waals surface area contributed by atoms with Gasteiger partial charge < -0.3 is 14.5 Å². The van der Waals surface area contributed by atoms with Crippen molar-refractivity contribution in [1.82, 2.24) is 29.5 Å². The summed E-state index contributed by atoms with van der Waals surface area (Å²) in [4.78, 5) is 20.5. The molecule has 1 aliphatic heterocycles. The maximum absolute atomic E-state index is 12.8. The molecule has 1 unspecified atom stereocenters. The Morgan fingerprint density at radius 2 is 2.21 bits per heavy atom. The van der Waals surface area contributed by atoms with Crippen molar-refractivity contribution in [2.24, 2.45) is 0 Å². The summed E-state index contributed by atoms with van der Waals surface area (Å²) in [5.41, 5.74) is -0.689. The number of alkyl halides is 3. The normalized spacial score (nSPS) is 16.9. The Balaban J connectivity index is 1.47. The van der Waals surface area contributed by atoms with E-state index >= 15 is 0 Å². The van der Waals surface area contributed by atoms with Gasteiger partial charge in [0.05, 0.1) is 6.54 Å². The molecule has 4 rings (SSSR count). The molecule has 1 N–H and O–H groups in total. The van der Waals surface area contributed by atoms with Crippen LogP contribution in [0.25, 0.3) is 5.65 Å². The summed E-state index contributed by atoms with van der Waals surface area (Å²) < 4.78 is 46.4. The van der Waals surface area contributed by atoms with Gasteiger partial charge >= 0.3 is 6.18 Å². The van der Waals surface area contributed by atoms with Gasteiger partial charge in [-0.3, -0.25) is 4.79 Å². The fraction of sp³-hybridized carbons (Fsp3) is 0.412. The number of aromatic nitrogens is 5. The second-order valence-electron chi connectivity index (χ2n) is 6.57. The highest BCUT2D eigenvalue weighted by atomic mass is 19.4. The smallest absolute Gasteiger partial charge is 0.377 e. The number of hydrogen-bond donors (Lipinski definition) is 1. The van der Waals surface area contributed by atoms with Crippen molar-refractivity contribution in [2.45, 2.75) is 38.2 Å². The Morgan fingerprint density at radius 1 is 1.39 bits per heavy atom. The van der Waals surface area contributed by atoms with Gasteiger partial charge in [-0.25, -0.2) is 14.6 Å². The van der Waals surface area contributed by atoms with Crippen molar-refractivity contribution in [3.63, 3.8) is 0 Å². The number of carbonyl (C=O) groups is 1. The molecule has 0 bridgehead atoms. The number of rotatable bonds is 4. The number of imidazole rings is 1. The summed E-state index contributed by atoms with van der Waals surface area (Å²) in [6.07, 6.45) is -0.897. The number of nitrogens with one attached hydrogen (secondary N) is 1. The van der Waals surface area contributed by atoms with Gasteiger partial charge in [0, 0.05) is 37.5 Å². The van der Waals surface area contributed by atoms with Crippen LogP contribution in [0.5, 0.6) is 0 Å². The van der Waals surface area contributed by atoms with Gasteiger partial charge in [-0.05, 0) is 18.6 Å². The number of carbonyl (C=O) groups excluding carboxylic acids is 1. The lowest BCUT2D eigenvalue weighted by Crippen LogP contribution is -2.41. The lowest BCUT2D eigenvalue weighted by atomic mass is 10.1. The highest BCUT2D eigenvalue weighted by molar-refractivity contribution is 5.95. The number of nitrogens with zero attached hydrogens (tertiary/aromatic N) is 5. The van der Waals surface area contributed by atoms with E-state index in [1.54, 1.807) is 11.8 Å². The molecule has 8 nitrogen and oxygen atoms in total. The van der Waals surface area contributed by atoms with Crippen molar-refractivity contribution >= 4 is 11.6 Å². The minimum absolute atomic E-state index is 0.0615. The molecule has 0 fully saturated rings. The Bertz CT molecular complexity index is 1030. The minimum Gasteiger partial charge on any atom is -0.377 e. The first-order chi connectivity index (χ1) is 13.3. The summed E-state index contributed by atoms with van der Waals surface area (Å²) in [5.74, 6) is 1.07. The molecule has 0 aliphatic carbocycles. The number of hydrogen-bond acceptors (Lipinski definition) is 5. The lowest BCUT2D eigenvalue weighted by Gasteiger charge is -2.23. The third-order valence-electron chi connectivity index (χ3n) is 4.52. The van der Waals surface area contributed by atoms with Gasteiger partial charge in [-0.15, -0.1) is 0 Å². The highest BCUT2D eigenvalue weighted by Crippen LogP contribution is 2.28. The first kappa shape index (κ1) is 18.4. The molecule has 148 valence electrons. The van der Waals surface area contributed by atoms with Crippen LogP contribution in [0.1, 0.15) is 34.1 Å². The van der Waals surface area contributed by atoms with Crippen LogP contribution < -0.4 is 5.32 Å². The summed E-state index contributed by atoms with van der Waals surface area (Å²) >= 11 is 0. The van der Waals surface area contributed by atoms with Crippen molar-refractivity contribution in [2.75, 3.05) is 7.11 Å². The largest absolute Gasteiger partial charge is 0.434 e. The van der Waals surface area contributed by atoms with Crippen LogP contribution in [-0.2, 0) is 30.5 Å². The standard InChI is InChI=1S/C17H17F3N6O2/c1-28-9-13-23-14-3-2-11(7-26(14)24-13)21-16(27)10-4-5-25-8-12(17(18,19)20)22-15(25)6-10/h4-6,8,11H,2-3,7,9H2,1H3,(H,21,27). The molecular weight excluding hydrogens is 377 g/mol. The third kappa shape index (κ3) is 3.57. The van der Waals surface area contributed by atoms with Gasteiger partial charge in [-0.1, -0.05) is 0 Å². The van der Waals surface area contributed by atoms with E-state index in [0.29, 0.717) is 31.8 Å². The van der Waals surface area contributed by atoms with Crippen molar-refractivity contribution in [3.05, 3.63) is 47.4 Å². The van der Waals surface area contributed by atoms with Crippen LogP contribution in [0.3, 0.4) is 0 Å². The van der Waals surface area contributed by atoms with E-state index < -0.39 is 11.9 Å². The fourth-order valence-electron chi connectivity index (χ4n) is 3.20. The zero-order valence-corrected chi connectivity index (χ0v) is 14.9. The predicted octanol–water partition coefficient (Wildman–Crippen LogP) is 1.84. The highest BCUT2D eigenvalue weighted by Gasteiger charge is 2.34. The molecule has 0 spiro atoms. The number of methoxy groups -OCH3 is 1. The molecule has 11 heteroatoms. The molecule has 4 heterocycles. The van der Waals surface area contributed by atoms with Crippen molar-refractivity contribution in [3.8, 4) is 0 Å². The average molecular weight is 394 g/mol. The monoisotopic (exact) mass is 394 g/mol. The number of halogens is 3.